The summed E-state index contributed by atoms with van der Waals surface area (Å²) in [4.78, 5) is 25.4. The number of nitrogens with one attached hydrogen (secondary N) is 2. The Morgan fingerprint density at radius 3 is 2.74 bits per heavy atom. The highest BCUT2D eigenvalue weighted by molar-refractivity contribution is 9.10. The maximum absolute atomic E-state index is 12.1. The van der Waals surface area contributed by atoms with Crippen LogP contribution in [0.4, 0.5) is 0 Å². The van der Waals surface area contributed by atoms with Crippen molar-refractivity contribution < 1.29 is 9.59 Å². The quantitative estimate of drug-likeness (QED) is 0.686. The van der Waals surface area contributed by atoms with Gasteiger partial charge in [-0.2, -0.15) is 0 Å². The van der Waals surface area contributed by atoms with Crippen LogP contribution in [0.15, 0.2) is 28.7 Å². The SMILES string of the molecule is CN(Cc1ccccc1Br)C(=O)CCNC(=O)CNCC1CC1. The standard InChI is InChI=1S/C17H24BrN3O2/c1-21(12-14-4-2-3-5-15(14)18)17(23)8-9-20-16(22)11-19-10-13-6-7-13/h2-5,13,19H,6-12H2,1H3,(H,20,22). The van der Waals surface area contributed by atoms with Crippen LogP contribution in [0.5, 0.6) is 0 Å². The third-order valence-corrected chi connectivity index (χ3v) is 4.64. The van der Waals surface area contributed by atoms with E-state index < -0.39 is 0 Å². The summed E-state index contributed by atoms with van der Waals surface area (Å²) in [7, 11) is 1.78. The maximum Gasteiger partial charge on any atom is 0.233 e. The third kappa shape index (κ3) is 6.71. The number of hydrogen-bond donors (Lipinski definition) is 2. The fourth-order valence-electron chi connectivity index (χ4n) is 2.24. The van der Waals surface area contributed by atoms with E-state index in [1.165, 1.54) is 12.8 Å². The molecule has 1 aliphatic rings. The van der Waals surface area contributed by atoms with E-state index in [-0.39, 0.29) is 11.8 Å². The highest BCUT2D eigenvalue weighted by Gasteiger charge is 2.20. The van der Waals surface area contributed by atoms with E-state index in [1.54, 1.807) is 11.9 Å². The molecule has 0 saturated heterocycles. The van der Waals surface area contributed by atoms with Crippen LogP contribution in [0.1, 0.15) is 24.8 Å². The van der Waals surface area contributed by atoms with E-state index in [9.17, 15) is 9.59 Å². The summed E-state index contributed by atoms with van der Waals surface area (Å²) in [6, 6.07) is 7.85. The monoisotopic (exact) mass is 381 g/mol. The minimum absolute atomic E-state index is 0.0204. The van der Waals surface area contributed by atoms with Crippen molar-refractivity contribution in [2.45, 2.75) is 25.8 Å². The summed E-state index contributed by atoms with van der Waals surface area (Å²) in [6.45, 7) is 2.18. The number of benzene rings is 1. The smallest absolute Gasteiger partial charge is 0.233 e. The van der Waals surface area contributed by atoms with Crippen LogP contribution in [0, 0.1) is 5.92 Å². The topological polar surface area (TPSA) is 61.4 Å². The number of amides is 2. The Kier molecular flexibility index (Phi) is 7.05. The van der Waals surface area contributed by atoms with Gasteiger partial charge in [0.05, 0.1) is 6.54 Å². The molecule has 6 heteroatoms. The second kappa shape index (κ2) is 9.03. The van der Waals surface area contributed by atoms with Crippen molar-refractivity contribution in [3.05, 3.63) is 34.3 Å². The average molecular weight is 382 g/mol. The summed E-state index contributed by atoms with van der Waals surface area (Å²) >= 11 is 3.48. The minimum Gasteiger partial charge on any atom is -0.354 e. The molecule has 1 saturated carbocycles. The molecule has 2 amide bonds. The number of nitrogens with zero attached hydrogens (tertiary/aromatic N) is 1. The fourth-order valence-corrected chi connectivity index (χ4v) is 2.65. The number of carbonyl (C=O) groups is 2. The van der Waals surface area contributed by atoms with Crippen LogP contribution < -0.4 is 10.6 Å². The Morgan fingerprint density at radius 1 is 1.30 bits per heavy atom. The molecule has 0 heterocycles. The van der Waals surface area contributed by atoms with Gasteiger partial charge >= 0.3 is 0 Å². The number of halogens is 1. The summed E-state index contributed by atoms with van der Waals surface area (Å²) in [6.07, 6.45) is 2.86. The lowest BCUT2D eigenvalue weighted by Crippen LogP contribution is -2.37. The zero-order valence-electron chi connectivity index (χ0n) is 13.5. The maximum atomic E-state index is 12.1. The molecule has 1 fully saturated rings. The molecule has 1 aromatic rings. The van der Waals surface area contributed by atoms with Crippen molar-refractivity contribution in [2.24, 2.45) is 5.92 Å². The van der Waals surface area contributed by atoms with Gasteiger partial charge in [0.1, 0.15) is 0 Å². The predicted octanol–water partition coefficient (Wildman–Crippen LogP) is 1.91. The van der Waals surface area contributed by atoms with Crippen LogP contribution >= 0.6 is 15.9 Å². The highest BCUT2D eigenvalue weighted by Crippen LogP contribution is 2.27. The summed E-state index contributed by atoms with van der Waals surface area (Å²) in [5, 5.41) is 5.91. The van der Waals surface area contributed by atoms with E-state index in [4.69, 9.17) is 0 Å². The Labute approximate surface area is 145 Å². The Hall–Kier alpha value is -1.40. The Morgan fingerprint density at radius 2 is 2.04 bits per heavy atom. The van der Waals surface area contributed by atoms with Crippen molar-refractivity contribution >= 4 is 27.7 Å². The first-order valence-corrected chi connectivity index (χ1v) is 8.80. The zero-order chi connectivity index (χ0) is 16.7. The molecule has 2 rings (SSSR count). The van der Waals surface area contributed by atoms with Gasteiger partial charge in [0.2, 0.25) is 11.8 Å². The molecule has 0 unspecified atom stereocenters. The van der Waals surface area contributed by atoms with E-state index in [0.29, 0.717) is 26.1 Å². The van der Waals surface area contributed by atoms with Crippen molar-refractivity contribution in [3.8, 4) is 0 Å². The van der Waals surface area contributed by atoms with E-state index in [2.05, 4.69) is 26.6 Å². The van der Waals surface area contributed by atoms with Gasteiger partial charge in [0.25, 0.3) is 0 Å². The number of carbonyl (C=O) groups excluding carboxylic acids is 2. The Bertz CT molecular complexity index is 546. The lowest BCUT2D eigenvalue weighted by molar-refractivity contribution is -0.130. The van der Waals surface area contributed by atoms with Crippen LogP contribution in [-0.4, -0.2) is 43.4 Å². The van der Waals surface area contributed by atoms with Crippen LogP contribution in [0.25, 0.3) is 0 Å². The van der Waals surface area contributed by atoms with E-state index in [0.717, 1.165) is 22.5 Å². The first-order valence-electron chi connectivity index (χ1n) is 8.01. The Balaban J connectivity index is 1.61. The normalized spacial score (nSPS) is 13.7. The molecule has 5 nitrogen and oxygen atoms in total. The van der Waals surface area contributed by atoms with Gasteiger partial charge in [-0.05, 0) is 36.9 Å². The molecular weight excluding hydrogens is 358 g/mol. The van der Waals surface area contributed by atoms with Gasteiger partial charge in [-0.15, -0.1) is 0 Å². The number of hydrogen-bond acceptors (Lipinski definition) is 3. The fraction of sp³-hybridized carbons (Fsp3) is 0.529. The van der Waals surface area contributed by atoms with Gasteiger partial charge in [-0.1, -0.05) is 34.1 Å². The van der Waals surface area contributed by atoms with Gasteiger partial charge < -0.3 is 15.5 Å². The molecule has 0 aromatic heterocycles. The van der Waals surface area contributed by atoms with Crippen LogP contribution in [-0.2, 0) is 16.1 Å². The molecule has 2 N–H and O–H groups in total. The molecule has 23 heavy (non-hydrogen) atoms. The lowest BCUT2D eigenvalue weighted by Gasteiger charge is -2.18. The van der Waals surface area contributed by atoms with Gasteiger partial charge in [0.15, 0.2) is 0 Å². The summed E-state index contributed by atoms with van der Waals surface area (Å²) < 4.78 is 0.995. The lowest BCUT2D eigenvalue weighted by atomic mass is 10.2. The van der Waals surface area contributed by atoms with Crippen LogP contribution in [0.2, 0.25) is 0 Å². The van der Waals surface area contributed by atoms with Crippen molar-refractivity contribution in [1.29, 1.82) is 0 Å². The first-order chi connectivity index (χ1) is 11.1. The summed E-state index contributed by atoms with van der Waals surface area (Å²) in [5.74, 6) is 0.731. The van der Waals surface area contributed by atoms with Crippen LogP contribution in [0.3, 0.4) is 0 Å². The molecule has 0 atom stereocenters. The number of rotatable bonds is 9. The predicted molar refractivity (Wildman–Crippen MR) is 93.8 cm³/mol. The second-order valence-electron chi connectivity index (χ2n) is 6.02. The molecule has 0 aliphatic heterocycles. The average Bonchev–Trinajstić information content (AvgIpc) is 3.33. The van der Waals surface area contributed by atoms with Crippen molar-refractivity contribution in [3.63, 3.8) is 0 Å². The molecule has 0 bridgehead atoms. The first kappa shape index (κ1) is 17.9. The van der Waals surface area contributed by atoms with Gasteiger partial charge in [0, 0.05) is 31.0 Å². The minimum atomic E-state index is -0.0492. The molecule has 1 aliphatic carbocycles. The zero-order valence-corrected chi connectivity index (χ0v) is 15.1. The second-order valence-corrected chi connectivity index (χ2v) is 6.87. The van der Waals surface area contributed by atoms with Gasteiger partial charge in [-0.3, -0.25) is 9.59 Å². The molecule has 1 aromatic carbocycles. The molecular formula is C17H24BrN3O2. The largest absolute Gasteiger partial charge is 0.354 e. The third-order valence-electron chi connectivity index (χ3n) is 3.87. The van der Waals surface area contributed by atoms with E-state index >= 15 is 0 Å². The van der Waals surface area contributed by atoms with Gasteiger partial charge in [-0.25, -0.2) is 0 Å². The van der Waals surface area contributed by atoms with E-state index in [1.807, 2.05) is 24.3 Å². The van der Waals surface area contributed by atoms with Crippen molar-refractivity contribution in [2.75, 3.05) is 26.7 Å². The molecule has 0 spiro atoms. The molecule has 0 radical (unpaired) electrons. The molecule has 126 valence electrons. The summed E-state index contributed by atoms with van der Waals surface area (Å²) in [5.41, 5.74) is 1.07. The van der Waals surface area contributed by atoms with Crippen molar-refractivity contribution in [1.82, 2.24) is 15.5 Å². The highest BCUT2D eigenvalue weighted by atomic mass is 79.9.